The number of benzene rings is 1. The minimum atomic E-state index is -0.279. The normalized spacial score (nSPS) is 19.5. The Bertz CT molecular complexity index is 1000. The van der Waals surface area contributed by atoms with Crippen LogP contribution in [0.25, 0.3) is 11.2 Å². The van der Waals surface area contributed by atoms with Crippen LogP contribution in [0, 0.1) is 10.7 Å². The van der Waals surface area contributed by atoms with Crippen LogP contribution in [0.3, 0.4) is 0 Å². The maximum absolute atomic E-state index is 12.4. The minimum Gasteiger partial charge on any atom is -0.364 e. The third-order valence-electron chi connectivity index (χ3n) is 4.39. The van der Waals surface area contributed by atoms with Crippen LogP contribution in [0.5, 0.6) is 0 Å². The molecule has 1 aromatic carbocycles. The van der Waals surface area contributed by atoms with Crippen LogP contribution >= 0.6 is 11.8 Å². The van der Waals surface area contributed by atoms with Gasteiger partial charge in [-0.2, -0.15) is 5.26 Å². The SMILES string of the molecule is N#CS[C@@H]1OCCC[C@H]1n1cnc2c(NC(=O)c3ccccc3)ncnc21. The zero-order chi connectivity index (χ0) is 18.6. The summed E-state index contributed by atoms with van der Waals surface area (Å²) < 4.78 is 7.64. The third-order valence-corrected chi connectivity index (χ3v) is 5.18. The number of amides is 1. The van der Waals surface area contributed by atoms with Gasteiger partial charge >= 0.3 is 0 Å². The van der Waals surface area contributed by atoms with Crippen LogP contribution < -0.4 is 5.32 Å². The van der Waals surface area contributed by atoms with Gasteiger partial charge in [-0.1, -0.05) is 18.2 Å². The molecule has 2 atom stereocenters. The Morgan fingerprint density at radius 2 is 2.15 bits per heavy atom. The molecule has 2 aromatic heterocycles. The largest absolute Gasteiger partial charge is 0.364 e. The summed E-state index contributed by atoms with van der Waals surface area (Å²) in [5.74, 6) is 0.0953. The van der Waals surface area contributed by atoms with Gasteiger partial charge in [0.25, 0.3) is 5.91 Å². The number of imidazole rings is 1. The number of thioether (sulfide) groups is 1. The van der Waals surface area contributed by atoms with Crippen molar-refractivity contribution >= 4 is 34.7 Å². The molecule has 1 aliphatic rings. The molecule has 0 radical (unpaired) electrons. The van der Waals surface area contributed by atoms with Crippen LogP contribution in [0.1, 0.15) is 29.2 Å². The fraction of sp³-hybridized carbons (Fsp3) is 0.278. The van der Waals surface area contributed by atoms with Gasteiger partial charge in [0.1, 0.15) is 17.2 Å². The first-order chi connectivity index (χ1) is 13.3. The van der Waals surface area contributed by atoms with Crippen molar-refractivity contribution in [2.24, 2.45) is 0 Å². The number of nitrogens with zero attached hydrogens (tertiary/aromatic N) is 5. The number of fused-ring (bicyclic) bond motifs is 1. The van der Waals surface area contributed by atoms with Gasteiger partial charge in [-0.3, -0.25) is 4.79 Å². The number of anilines is 1. The summed E-state index contributed by atoms with van der Waals surface area (Å²) >= 11 is 1.10. The summed E-state index contributed by atoms with van der Waals surface area (Å²) in [6, 6.07) is 8.86. The lowest BCUT2D eigenvalue weighted by Crippen LogP contribution is -2.29. The molecular weight excluding hydrogens is 364 g/mol. The molecular formula is C18H16N6O2S. The molecule has 1 amide bonds. The molecule has 136 valence electrons. The van der Waals surface area contributed by atoms with E-state index in [0.717, 1.165) is 24.6 Å². The molecule has 1 fully saturated rings. The van der Waals surface area contributed by atoms with Crippen LogP contribution in [0.4, 0.5) is 5.82 Å². The second kappa shape index (κ2) is 7.73. The van der Waals surface area contributed by atoms with Gasteiger partial charge in [0.2, 0.25) is 0 Å². The number of hydrogen-bond acceptors (Lipinski definition) is 7. The third kappa shape index (κ3) is 3.49. The van der Waals surface area contributed by atoms with E-state index in [-0.39, 0.29) is 17.4 Å². The van der Waals surface area contributed by atoms with Gasteiger partial charge in [-0.05, 0) is 36.7 Å². The first-order valence-electron chi connectivity index (χ1n) is 8.48. The molecule has 4 rings (SSSR count). The predicted octanol–water partition coefficient (Wildman–Crippen LogP) is 2.97. The van der Waals surface area contributed by atoms with Gasteiger partial charge in [-0.25, -0.2) is 15.0 Å². The zero-order valence-electron chi connectivity index (χ0n) is 14.3. The van der Waals surface area contributed by atoms with E-state index in [2.05, 4.69) is 25.7 Å². The fourth-order valence-electron chi connectivity index (χ4n) is 3.13. The summed E-state index contributed by atoms with van der Waals surface area (Å²) in [7, 11) is 0. The van der Waals surface area contributed by atoms with Gasteiger partial charge in [-0.15, -0.1) is 0 Å². The number of rotatable bonds is 4. The topological polar surface area (TPSA) is 106 Å². The van der Waals surface area contributed by atoms with Crippen LogP contribution in [-0.2, 0) is 4.74 Å². The highest BCUT2D eigenvalue weighted by molar-refractivity contribution is 8.04. The molecule has 8 nitrogen and oxygen atoms in total. The molecule has 1 saturated heterocycles. The number of nitriles is 1. The van der Waals surface area contributed by atoms with Crippen molar-refractivity contribution in [1.82, 2.24) is 19.5 Å². The second-order valence-corrected chi connectivity index (χ2v) is 6.91. The van der Waals surface area contributed by atoms with Crippen molar-refractivity contribution < 1.29 is 9.53 Å². The molecule has 27 heavy (non-hydrogen) atoms. The molecule has 9 heteroatoms. The number of hydrogen-bond donors (Lipinski definition) is 1. The number of carbonyl (C=O) groups excluding carboxylic acids is 1. The second-order valence-electron chi connectivity index (χ2n) is 6.02. The predicted molar refractivity (Wildman–Crippen MR) is 101 cm³/mol. The van der Waals surface area contributed by atoms with Crippen LogP contribution in [-0.4, -0.2) is 37.5 Å². The van der Waals surface area contributed by atoms with E-state index in [4.69, 9.17) is 10.00 Å². The highest BCUT2D eigenvalue weighted by atomic mass is 32.2. The average molecular weight is 380 g/mol. The average Bonchev–Trinajstić information content (AvgIpc) is 3.14. The molecule has 1 N–H and O–H groups in total. The number of thiocyanates is 1. The molecule has 0 aliphatic carbocycles. The Hall–Kier alpha value is -2.96. The maximum Gasteiger partial charge on any atom is 0.256 e. The van der Waals surface area contributed by atoms with E-state index in [1.807, 2.05) is 10.6 Å². The van der Waals surface area contributed by atoms with Crippen molar-refractivity contribution in [2.75, 3.05) is 11.9 Å². The van der Waals surface area contributed by atoms with Crippen molar-refractivity contribution in [3.05, 3.63) is 48.5 Å². The Labute approximate surface area is 159 Å². The van der Waals surface area contributed by atoms with Gasteiger partial charge in [0.15, 0.2) is 17.0 Å². The van der Waals surface area contributed by atoms with Crippen molar-refractivity contribution in [3.63, 3.8) is 0 Å². The highest BCUT2D eigenvalue weighted by Gasteiger charge is 2.30. The Kier molecular flexibility index (Phi) is 5.00. The van der Waals surface area contributed by atoms with Crippen molar-refractivity contribution in [3.8, 4) is 5.40 Å². The van der Waals surface area contributed by atoms with E-state index in [1.54, 1.807) is 30.6 Å². The lowest BCUT2D eigenvalue weighted by molar-refractivity contribution is 0.0365. The number of nitrogens with one attached hydrogen (secondary N) is 1. The molecule has 0 unspecified atom stereocenters. The summed E-state index contributed by atoms with van der Waals surface area (Å²) in [6.07, 6.45) is 4.83. The van der Waals surface area contributed by atoms with Gasteiger partial charge in [0, 0.05) is 12.2 Å². The van der Waals surface area contributed by atoms with E-state index in [1.165, 1.54) is 6.33 Å². The Balaban J connectivity index is 1.66. The fourth-order valence-corrected chi connectivity index (χ4v) is 3.82. The first-order valence-corrected chi connectivity index (χ1v) is 9.36. The molecule has 0 saturated carbocycles. The van der Waals surface area contributed by atoms with Crippen molar-refractivity contribution in [1.29, 1.82) is 5.26 Å². The lowest BCUT2D eigenvalue weighted by atomic mass is 10.1. The molecule has 0 bridgehead atoms. The molecule has 0 spiro atoms. The number of aromatic nitrogens is 4. The zero-order valence-corrected chi connectivity index (χ0v) is 15.1. The minimum absolute atomic E-state index is 0.0547. The summed E-state index contributed by atoms with van der Waals surface area (Å²) in [4.78, 5) is 25.4. The van der Waals surface area contributed by atoms with E-state index < -0.39 is 0 Å². The van der Waals surface area contributed by atoms with Crippen LogP contribution in [0.2, 0.25) is 0 Å². The summed E-state index contributed by atoms with van der Waals surface area (Å²) in [5.41, 5.74) is 1.37. The quantitative estimate of drug-likeness (QED) is 0.694. The number of carbonyl (C=O) groups is 1. The van der Waals surface area contributed by atoms with Gasteiger partial charge in [0.05, 0.1) is 12.4 Å². The first kappa shape index (κ1) is 17.5. The Morgan fingerprint density at radius 1 is 1.30 bits per heavy atom. The van der Waals surface area contributed by atoms with E-state index in [9.17, 15) is 4.79 Å². The van der Waals surface area contributed by atoms with Crippen LogP contribution in [0.15, 0.2) is 43.0 Å². The summed E-state index contributed by atoms with van der Waals surface area (Å²) in [6.45, 7) is 0.635. The lowest BCUT2D eigenvalue weighted by Gasteiger charge is -2.30. The number of ether oxygens (including phenoxy) is 1. The molecule has 3 aromatic rings. The van der Waals surface area contributed by atoms with E-state index >= 15 is 0 Å². The standard InChI is InChI=1S/C18H16N6O2S/c19-9-27-18-13(7-4-8-26-18)24-11-22-14-15(20-10-21-16(14)24)23-17(25)12-5-2-1-3-6-12/h1-3,5-6,10-11,13,18H,4,7-8H2,(H,20,21,23,25)/t13-,18+/m1/s1. The monoisotopic (exact) mass is 380 g/mol. The van der Waals surface area contributed by atoms with Gasteiger partial charge < -0.3 is 14.6 Å². The van der Waals surface area contributed by atoms with E-state index in [0.29, 0.717) is 29.2 Å². The smallest absolute Gasteiger partial charge is 0.256 e. The maximum atomic E-state index is 12.4. The summed E-state index contributed by atoms with van der Waals surface area (Å²) in [5, 5.41) is 13.9. The molecule has 1 aliphatic heterocycles. The highest BCUT2D eigenvalue weighted by Crippen LogP contribution is 2.34. The Morgan fingerprint density at radius 3 is 2.96 bits per heavy atom. The molecule has 3 heterocycles. The van der Waals surface area contributed by atoms with Crippen molar-refractivity contribution in [2.45, 2.75) is 24.3 Å².